The predicted octanol–water partition coefficient (Wildman–Crippen LogP) is 1.74. The Hall–Kier alpha value is -2.10. The van der Waals surface area contributed by atoms with E-state index in [0.29, 0.717) is 29.5 Å². The Bertz CT molecular complexity index is 586. The van der Waals surface area contributed by atoms with Crippen LogP contribution < -0.4 is 10.2 Å². The van der Waals surface area contributed by atoms with Crippen LogP contribution in [0, 0.1) is 0 Å². The van der Waals surface area contributed by atoms with E-state index >= 15 is 0 Å². The van der Waals surface area contributed by atoms with E-state index < -0.39 is 0 Å². The number of fused-ring (bicyclic) bond motifs is 1. The molecule has 0 aliphatic rings. The van der Waals surface area contributed by atoms with Crippen molar-refractivity contribution in [1.82, 2.24) is 4.98 Å². The first-order valence-corrected chi connectivity index (χ1v) is 5.00. The lowest BCUT2D eigenvalue weighted by atomic mass is 10.2. The molecule has 0 unspecified atom stereocenters. The van der Waals surface area contributed by atoms with Gasteiger partial charge < -0.3 is 9.72 Å². The average Bonchev–Trinajstić information content (AvgIpc) is 2.30. The van der Waals surface area contributed by atoms with Gasteiger partial charge in [-0.05, 0) is 19.1 Å². The van der Waals surface area contributed by atoms with Gasteiger partial charge in [-0.15, -0.1) is 0 Å². The average molecular weight is 217 g/mol. The molecule has 0 saturated heterocycles. The number of H-pyrrole nitrogens is 1. The van der Waals surface area contributed by atoms with Crippen molar-refractivity contribution in [1.29, 1.82) is 0 Å². The van der Waals surface area contributed by atoms with Crippen LogP contribution in [-0.4, -0.2) is 17.9 Å². The fourth-order valence-corrected chi connectivity index (χ4v) is 1.60. The summed E-state index contributed by atoms with van der Waals surface area (Å²) in [7, 11) is 0. The van der Waals surface area contributed by atoms with Crippen molar-refractivity contribution >= 4 is 17.2 Å². The summed E-state index contributed by atoms with van der Waals surface area (Å²) in [6.07, 6.45) is 0.615. The number of ether oxygens (including phenoxy) is 1. The summed E-state index contributed by atoms with van der Waals surface area (Å²) < 4.78 is 5.39. The highest BCUT2D eigenvalue weighted by molar-refractivity contribution is 5.87. The molecule has 1 N–H and O–H groups in total. The topological polar surface area (TPSA) is 59.2 Å². The number of rotatable bonds is 3. The normalized spacial score (nSPS) is 10.3. The molecule has 4 heteroatoms. The number of nitrogens with one attached hydrogen (secondary N) is 1. The number of carbonyl (C=O) groups excluding carboxylic acids is 1. The molecule has 16 heavy (non-hydrogen) atoms. The van der Waals surface area contributed by atoms with Crippen molar-refractivity contribution in [2.45, 2.75) is 6.92 Å². The van der Waals surface area contributed by atoms with E-state index in [1.807, 2.05) is 6.92 Å². The van der Waals surface area contributed by atoms with Gasteiger partial charge in [0, 0.05) is 11.5 Å². The van der Waals surface area contributed by atoms with E-state index in [2.05, 4.69) is 4.98 Å². The van der Waals surface area contributed by atoms with Crippen LogP contribution in [0.15, 0.2) is 29.1 Å². The van der Waals surface area contributed by atoms with Gasteiger partial charge in [0.25, 0.3) is 0 Å². The number of para-hydroxylation sites is 1. The van der Waals surface area contributed by atoms with Gasteiger partial charge >= 0.3 is 0 Å². The Morgan fingerprint density at radius 3 is 2.94 bits per heavy atom. The number of aldehydes is 1. The molecule has 0 aliphatic carbocycles. The van der Waals surface area contributed by atoms with Crippen LogP contribution in [0.3, 0.4) is 0 Å². The second-order valence-corrected chi connectivity index (χ2v) is 3.32. The lowest BCUT2D eigenvalue weighted by molar-refractivity contribution is 0.111. The number of carbonyl (C=O) groups is 1. The van der Waals surface area contributed by atoms with Crippen LogP contribution >= 0.6 is 0 Å². The standard InChI is InChI=1S/C12H11NO3/c1-2-16-11-5-3-4-9-10(15)6-8(7-14)13-12(9)11/h3-7H,2H2,1H3,(H,13,15). The fraction of sp³-hybridized carbons (Fsp3) is 0.167. The Morgan fingerprint density at radius 1 is 1.44 bits per heavy atom. The maximum absolute atomic E-state index is 11.7. The summed E-state index contributed by atoms with van der Waals surface area (Å²) in [4.78, 5) is 25.2. The maximum Gasteiger partial charge on any atom is 0.190 e. The van der Waals surface area contributed by atoms with E-state index in [0.717, 1.165) is 0 Å². The second kappa shape index (κ2) is 4.18. The SMILES string of the molecule is CCOc1cccc2c(=O)cc(C=O)[nH]c12. The first-order valence-electron chi connectivity index (χ1n) is 5.00. The van der Waals surface area contributed by atoms with Crippen molar-refractivity contribution in [2.75, 3.05) is 6.61 Å². The maximum atomic E-state index is 11.7. The van der Waals surface area contributed by atoms with Crippen molar-refractivity contribution in [2.24, 2.45) is 0 Å². The zero-order valence-corrected chi connectivity index (χ0v) is 8.82. The molecule has 0 radical (unpaired) electrons. The summed E-state index contributed by atoms with van der Waals surface area (Å²) >= 11 is 0. The predicted molar refractivity (Wildman–Crippen MR) is 61.1 cm³/mol. The minimum absolute atomic E-state index is 0.183. The Morgan fingerprint density at radius 2 is 2.25 bits per heavy atom. The fourth-order valence-electron chi connectivity index (χ4n) is 1.60. The first-order chi connectivity index (χ1) is 7.76. The Labute approximate surface area is 91.9 Å². The van der Waals surface area contributed by atoms with Crippen LogP contribution in [0.25, 0.3) is 10.9 Å². The van der Waals surface area contributed by atoms with Gasteiger partial charge in [0.05, 0.1) is 17.8 Å². The third kappa shape index (κ3) is 1.69. The van der Waals surface area contributed by atoms with Crippen LogP contribution in [0.5, 0.6) is 5.75 Å². The van der Waals surface area contributed by atoms with Gasteiger partial charge in [-0.2, -0.15) is 0 Å². The zero-order chi connectivity index (χ0) is 11.5. The minimum Gasteiger partial charge on any atom is -0.492 e. The molecular formula is C12H11NO3. The molecule has 0 bridgehead atoms. The number of hydrogen-bond acceptors (Lipinski definition) is 3. The van der Waals surface area contributed by atoms with Crippen LogP contribution in [0.2, 0.25) is 0 Å². The van der Waals surface area contributed by atoms with Crippen molar-refractivity contribution in [3.8, 4) is 5.75 Å². The highest BCUT2D eigenvalue weighted by Crippen LogP contribution is 2.21. The summed E-state index contributed by atoms with van der Waals surface area (Å²) in [6, 6.07) is 6.50. The molecule has 0 aliphatic heterocycles. The molecule has 0 atom stereocenters. The highest BCUT2D eigenvalue weighted by atomic mass is 16.5. The molecule has 4 nitrogen and oxygen atoms in total. The number of hydrogen-bond donors (Lipinski definition) is 1. The van der Waals surface area contributed by atoms with Crippen LogP contribution in [-0.2, 0) is 0 Å². The first kappa shape index (κ1) is 10.4. The number of aromatic amines is 1. The number of pyridine rings is 1. The van der Waals surface area contributed by atoms with Crippen molar-refractivity contribution in [3.05, 3.63) is 40.2 Å². The van der Waals surface area contributed by atoms with E-state index in [1.165, 1.54) is 6.07 Å². The summed E-state index contributed by atoms with van der Waals surface area (Å²) in [6.45, 7) is 2.37. The van der Waals surface area contributed by atoms with Gasteiger partial charge in [0.1, 0.15) is 5.75 Å². The minimum atomic E-state index is -0.183. The van der Waals surface area contributed by atoms with Crippen molar-refractivity contribution < 1.29 is 9.53 Å². The molecule has 82 valence electrons. The largest absolute Gasteiger partial charge is 0.492 e. The molecule has 1 aromatic heterocycles. The Balaban J connectivity index is 2.79. The van der Waals surface area contributed by atoms with Gasteiger partial charge in [0.2, 0.25) is 0 Å². The van der Waals surface area contributed by atoms with E-state index in [-0.39, 0.29) is 11.1 Å². The highest BCUT2D eigenvalue weighted by Gasteiger charge is 2.06. The molecule has 2 aromatic rings. The smallest absolute Gasteiger partial charge is 0.190 e. The molecule has 1 aromatic carbocycles. The monoisotopic (exact) mass is 217 g/mol. The lowest BCUT2D eigenvalue weighted by Crippen LogP contribution is -2.06. The second-order valence-electron chi connectivity index (χ2n) is 3.32. The van der Waals surface area contributed by atoms with E-state index in [9.17, 15) is 9.59 Å². The van der Waals surface area contributed by atoms with E-state index in [4.69, 9.17) is 4.74 Å². The molecular weight excluding hydrogens is 206 g/mol. The lowest BCUT2D eigenvalue weighted by Gasteiger charge is -2.07. The number of aromatic nitrogens is 1. The molecule has 0 fully saturated rings. The number of benzene rings is 1. The van der Waals surface area contributed by atoms with Crippen LogP contribution in [0.4, 0.5) is 0 Å². The summed E-state index contributed by atoms with van der Waals surface area (Å²) in [5.74, 6) is 0.584. The third-order valence-electron chi connectivity index (χ3n) is 2.27. The van der Waals surface area contributed by atoms with Crippen molar-refractivity contribution in [3.63, 3.8) is 0 Å². The third-order valence-corrected chi connectivity index (χ3v) is 2.27. The molecule has 2 rings (SSSR count). The van der Waals surface area contributed by atoms with Gasteiger partial charge in [-0.25, -0.2) is 0 Å². The quantitative estimate of drug-likeness (QED) is 0.796. The zero-order valence-electron chi connectivity index (χ0n) is 8.82. The van der Waals surface area contributed by atoms with Gasteiger partial charge in [-0.3, -0.25) is 9.59 Å². The molecule has 0 saturated carbocycles. The van der Waals surface area contributed by atoms with Gasteiger partial charge in [0.15, 0.2) is 11.7 Å². The van der Waals surface area contributed by atoms with E-state index in [1.54, 1.807) is 18.2 Å². The summed E-state index contributed by atoms with van der Waals surface area (Å²) in [5, 5.41) is 0.525. The van der Waals surface area contributed by atoms with Gasteiger partial charge in [-0.1, -0.05) is 6.07 Å². The Kier molecular flexibility index (Phi) is 2.72. The molecule has 0 spiro atoms. The summed E-state index contributed by atoms with van der Waals surface area (Å²) in [5.41, 5.74) is 0.640. The molecule has 0 amide bonds. The molecule has 1 heterocycles. The van der Waals surface area contributed by atoms with Crippen LogP contribution in [0.1, 0.15) is 17.4 Å².